The Balaban J connectivity index is 1.45. The van der Waals surface area contributed by atoms with E-state index >= 15 is 0 Å². The van der Waals surface area contributed by atoms with E-state index in [1.54, 1.807) is 6.20 Å². The Morgan fingerprint density at radius 2 is 2.35 bits per heavy atom. The molecule has 0 radical (unpaired) electrons. The first-order valence-corrected chi connectivity index (χ1v) is 9.56. The number of carbonyl (C=O) groups excluding carboxylic acids is 1. The number of hydrogen-bond donors (Lipinski definition) is 2. The Hall–Kier alpha value is -2.74. The van der Waals surface area contributed by atoms with Gasteiger partial charge in [-0.25, -0.2) is 14.6 Å². The number of nitrogens with zero attached hydrogens (tertiary/aromatic N) is 4. The van der Waals surface area contributed by atoms with Gasteiger partial charge in [0.05, 0.1) is 23.6 Å². The summed E-state index contributed by atoms with van der Waals surface area (Å²) in [6.45, 7) is 0. The average Bonchev–Trinajstić information content (AvgIpc) is 3.27. The first-order valence-electron chi connectivity index (χ1n) is 8.68. The zero-order valence-electron chi connectivity index (χ0n) is 14.3. The van der Waals surface area contributed by atoms with Crippen LogP contribution in [0.25, 0.3) is 5.82 Å². The molecule has 1 amide bonds. The highest BCUT2D eigenvalue weighted by atomic mass is 32.1. The third kappa shape index (κ3) is 3.45. The van der Waals surface area contributed by atoms with Crippen LogP contribution >= 0.6 is 11.3 Å². The summed E-state index contributed by atoms with van der Waals surface area (Å²) in [5.41, 5.74) is 8.72. The largest absolute Gasteiger partial charge is 0.375 e. The van der Waals surface area contributed by atoms with E-state index in [1.165, 1.54) is 11.3 Å². The molecular weight excluding hydrogens is 348 g/mol. The van der Waals surface area contributed by atoms with Gasteiger partial charge in [0, 0.05) is 23.6 Å². The summed E-state index contributed by atoms with van der Waals surface area (Å²) >= 11 is 1.40. The molecule has 4 rings (SSSR count). The highest BCUT2D eigenvalue weighted by Crippen LogP contribution is 2.30. The van der Waals surface area contributed by atoms with Gasteiger partial charge >= 0.3 is 0 Å². The standard InChI is InChI=1S/C18H20N6OS/c19-18-22-12(11-26-18)7-8-17(25)23-14-4-3-5-15-13(14)10-21-24(15)16-6-1-2-9-20-16/h1-2,6,9-11,14H,3-5,7-8H2,(H2,19,22)(H,23,25). The fraction of sp³-hybridized carbons (Fsp3) is 0.333. The molecule has 0 saturated heterocycles. The minimum atomic E-state index is 0.00390. The van der Waals surface area contributed by atoms with E-state index in [1.807, 2.05) is 34.5 Å². The van der Waals surface area contributed by atoms with Gasteiger partial charge < -0.3 is 11.1 Å². The molecule has 0 fully saturated rings. The van der Waals surface area contributed by atoms with Crippen LogP contribution in [0.2, 0.25) is 0 Å². The Labute approximate surface area is 155 Å². The Morgan fingerprint density at radius 3 is 3.12 bits per heavy atom. The zero-order valence-corrected chi connectivity index (χ0v) is 15.1. The molecular formula is C18H20N6OS. The van der Waals surface area contributed by atoms with Gasteiger partial charge in [-0.15, -0.1) is 11.3 Å². The highest BCUT2D eigenvalue weighted by molar-refractivity contribution is 7.13. The number of carbonyl (C=O) groups is 1. The number of aromatic nitrogens is 4. The smallest absolute Gasteiger partial charge is 0.220 e. The number of fused-ring (bicyclic) bond motifs is 1. The monoisotopic (exact) mass is 368 g/mol. The average molecular weight is 368 g/mol. The number of rotatable bonds is 5. The topological polar surface area (TPSA) is 98.7 Å². The molecule has 3 heterocycles. The van der Waals surface area contributed by atoms with E-state index in [2.05, 4.69) is 20.4 Å². The number of hydrogen-bond acceptors (Lipinski definition) is 6. The normalized spacial score (nSPS) is 16.2. The number of amides is 1. The molecule has 0 bridgehead atoms. The van der Waals surface area contributed by atoms with Crippen LogP contribution in [0.1, 0.15) is 42.3 Å². The lowest BCUT2D eigenvalue weighted by Crippen LogP contribution is -2.31. The van der Waals surface area contributed by atoms with Gasteiger partial charge in [0.25, 0.3) is 0 Å². The highest BCUT2D eigenvalue weighted by Gasteiger charge is 2.26. The maximum absolute atomic E-state index is 12.4. The number of pyridine rings is 1. The SMILES string of the molecule is Nc1nc(CCC(=O)NC2CCCc3c2cnn3-c2ccccn2)cs1. The molecule has 1 unspecified atom stereocenters. The number of aryl methyl sites for hydroxylation is 1. The van der Waals surface area contributed by atoms with Crippen LogP contribution in [0, 0.1) is 0 Å². The third-order valence-electron chi connectivity index (χ3n) is 4.56. The minimum absolute atomic E-state index is 0.00390. The summed E-state index contributed by atoms with van der Waals surface area (Å²) < 4.78 is 1.88. The number of nitrogens with one attached hydrogen (secondary N) is 1. The van der Waals surface area contributed by atoms with Crippen LogP contribution in [0.5, 0.6) is 0 Å². The molecule has 3 aromatic rings. The molecule has 26 heavy (non-hydrogen) atoms. The van der Waals surface area contributed by atoms with Gasteiger partial charge in [-0.1, -0.05) is 6.07 Å². The van der Waals surface area contributed by atoms with E-state index < -0.39 is 0 Å². The molecule has 134 valence electrons. The third-order valence-corrected chi connectivity index (χ3v) is 5.28. The number of thiazole rings is 1. The lowest BCUT2D eigenvalue weighted by molar-refractivity contribution is -0.121. The van der Waals surface area contributed by atoms with E-state index in [4.69, 9.17) is 5.73 Å². The van der Waals surface area contributed by atoms with Crippen molar-refractivity contribution in [3.05, 3.63) is 52.9 Å². The predicted octanol–water partition coefficient (Wildman–Crippen LogP) is 2.43. The Bertz CT molecular complexity index is 904. The van der Waals surface area contributed by atoms with E-state index in [0.29, 0.717) is 18.0 Å². The zero-order chi connectivity index (χ0) is 17.9. The van der Waals surface area contributed by atoms with Crippen LogP contribution < -0.4 is 11.1 Å². The lowest BCUT2D eigenvalue weighted by atomic mass is 9.92. The minimum Gasteiger partial charge on any atom is -0.375 e. The van der Waals surface area contributed by atoms with Crippen LogP contribution in [0.15, 0.2) is 36.0 Å². The molecule has 7 nitrogen and oxygen atoms in total. The fourth-order valence-electron chi connectivity index (χ4n) is 3.33. The summed E-state index contributed by atoms with van der Waals surface area (Å²) in [7, 11) is 0. The molecule has 1 aliphatic carbocycles. The number of anilines is 1. The summed E-state index contributed by atoms with van der Waals surface area (Å²) in [4.78, 5) is 20.9. The molecule has 3 N–H and O–H groups in total. The van der Waals surface area contributed by atoms with Gasteiger partial charge in [-0.05, 0) is 37.8 Å². The van der Waals surface area contributed by atoms with Crippen LogP contribution in [-0.2, 0) is 17.6 Å². The van der Waals surface area contributed by atoms with Crippen LogP contribution in [0.4, 0.5) is 5.13 Å². The van der Waals surface area contributed by atoms with Crippen molar-refractivity contribution >= 4 is 22.4 Å². The van der Waals surface area contributed by atoms with Crippen molar-refractivity contribution in [1.29, 1.82) is 0 Å². The van der Waals surface area contributed by atoms with Crippen LogP contribution in [-0.4, -0.2) is 25.7 Å². The number of nitrogen functional groups attached to an aromatic ring is 1. The Morgan fingerprint density at radius 1 is 1.42 bits per heavy atom. The quantitative estimate of drug-likeness (QED) is 0.721. The second kappa shape index (κ2) is 7.25. The molecule has 1 aliphatic rings. The molecule has 0 aromatic carbocycles. The number of nitrogens with two attached hydrogens (primary N) is 1. The summed E-state index contributed by atoms with van der Waals surface area (Å²) in [6.07, 6.45) is 7.51. The summed E-state index contributed by atoms with van der Waals surface area (Å²) in [5.74, 6) is 0.835. The van der Waals surface area contributed by atoms with Crippen molar-refractivity contribution < 1.29 is 4.79 Å². The first kappa shape index (κ1) is 16.7. The summed E-state index contributed by atoms with van der Waals surface area (Å²) in [5, 5.41) is 10.1. The van der Waals surface area contributed by atoms with Crippen molar-refractivity contribution in [1.82, 2.24) is 25.1 Å². The predicted molar refractivity (Wildman–Crippen MR) is 100 cm³/mol. The van der Waals surface area contributed by atoms with Gasteiger partial charge in [0.15, 0.2) is 10.9 Å². The van der Waals surface area contributed by atoms with Crippen molar-refractivity contribution in [2.24, 2.45) is 0 Å². The molecule has 0 spiro atoms. The van der Waals surface area contributed by atoms with Gasteiger partial charge in [-0.3, -0.25) is 4.79 Å². The molecule has 8 heteroatoms. The molecule has 1 atom stereocenters. The van der Waals surface area contributed by atoms with E-state index in [0.717, 1.165) is 42.0 Å². The second-order valence-corrected chi connectivity index (χ2v) is 7.23. The molecule has 0 aliphatic heterocycles. The lowest BCUT2D eigenvalue weighted by Gasteiger charge is -2.24. The fourth-order valence-corrected chi connectivity index (χ4v) is 3.93. The first-order chi connectivity index (χ1) is 12.7. The Kier molecular flexibility index (Phi) is 4.66. The van der Waals surface area contributed by atoms with Gasteiger partial charge in [0.2, 0.25) is 5.91 Å². The van der Waals surface area contributed by atoms with E-state index in [-0.39, 0.29) is 11.9 Å². The van der Waals surface area contributed by atoms with Crippen molar-refractivity contribution in [2.75, 3.05) is 5.73 Å². The summed E-state index contributed by atoms with van der Waals surface area (Å²) in [6, 6.07) is 5.78. The second-order valence-electron chi connectivity index (χ2n) is 6.34. The maximum Gasteiger partial charge on any atom is 0.220 e. The molecule has 3 aromatic heterocycles. The van der Waals surface area contributed by atoms with Gasteiger partial charge in [0.1, 0.15) is 0 Å². The van der Waals surface area contributed by atoms with Gasteiger partial charge in [-0.2, -0.15) is 5.10 Å². The van der Waals surface area contributed by atoms with Crippen LogP contribution in [0.3, 0.4) is 0 Å². The maximum atomic E-state index is 12.4. The van der Waals surface area contributed by atoms with Crippen molar-refractivity contribution in [2.45, 2.75) is 38.1 Å². The van der Waals surface area contributed by atoms with E-state index in [9.17, 15) is 4.79 Å². The molecule has 0 saturated carbocycles. The van der Waals surface area contributed by atoms with Crippen molar-refractivity contribution in [3.8, 4) is 5.82 Å². The van der Waals surface area contributed by atoms with Crippen molar-refractivity contribution in [3.63, 3.8) is 0 Å².